The number of nitrogens with zero attached hydrogens (tertiary/aromatic N) is 2. The molecule has 0 N–H and O–H groups in total. The molecule has 0 aromatic heterocycles. The van der Waals surface area contributed by atoms with Crippen LogP contribution >= 0.6 is 11.8 Å². The summed E-state index contributed by atoms with van der Waals surface area (Å²) < 4.78 is 28.1. The second kappa shape index (κ2) is 7.64. The van der Waals surface area contributed by atoms with E-state index in [1.54, 1.807) is 6.07 Å². The van der Waals surface area contributed by atoms with Crippen molar-refractivity contribution in [1.82, 2.24) is 4.90 Å². The van der Waals surface area contributed by atoms with Crippen molar-refractivity contribution < 1.29 is 18.4 Å². The van der Waals surface area contributed by atoms with Crippen LogP contribution in [0.15, 0.2) is 47.4 Å². The zero-order valence-electron chi connectivity index (χ0n) is 17.7. The summed E-state index contributed by atoms with van der Waals surface area (Å²) in [6.07, 6.45) is 3.55. The maximum absolute atomic E-state index is 14.9. The van der Waals surface area contributed by atoms with Crippen LogP contribution in [0.1, 0.15) is 37.5 Å². The fourth-order valence-electron chi connectivity index (χ4n) is 3.85. The van der Waals surface area contributed by atoms with Crippen molar-refractivity contribution in [2.24, 2.45) is 0 Å². The van der Waals surface area contributed by atoms with Crippen molar-refractivity contribution in [3.05, 3.63) is 75.7 Å². The first kappa shape index (κ1) is 21.3. The van der Waals surface area contributed by atoms with Gasteiger partial charge in [0.15, 0.2) is 0 Å². The number of fused-ring (bicyclic) bond motifs is 1. The summed E-state index contributed by atoms with van der Waals surface area (Å²) >= 11 is 0.779. The molecule has 2 aliphatic heterocycles. The second-order valence-electron chi connectivity index (χ2n) is 8.33. The number of carbonyl (C=O) groups excluding carboxylic acids is 2. The lowest BCUT2D eigenvalue weighted by Crippen LogP contribution is -2.42. The number of anilines is 1. The Labute approximate surface area is 184 Å². The van der Waals surface area contributed by atoms with Gasteiger partial charge in [-0.05, 0) is 74.0 Å². The highest BCUT2D eigenvalue weighted by molar-refractivity contribution is 8.18. The van der Waals surface area contributed by atoms with E-state index in [9.17, 15) is 18.4 Å². The quantitative estimate of drug-likeness (QED) is 0.563. The van der Waals surface area contributed by atoms with Crippen LogP contribution in [0.4, 0.5) is 19.3 Å². The Kier molecular flexibility index (Phi) is 5.25. The Balaban J connectivity index is 1.65. The van der Waals surface area contributed by atoms with Gasteiger partial charge in [0.2, 0.25) is 0 Å². The molecule has 2 heterocycles. The normalized spacial score (nSPS) is 19.2. The number of rotatable bonds is 3. The zero-order chi connectivity index (χ0) is 22.5. The van der Waals surface area contributed by atoms with Gasteiger partial charge in [0.25, 0.3) is 11.1 Å². The van der Waals surface area contributed by atoms with Crippen molar-refractivity contribution in [2.75, 3.05) is 11.9 Å². The van der Waals surface area contributed by atoms with Crippen LogP contribution in [0.25, 0.3) is 11.6 Å². The molecule has 7 heteroatoms. The lowest BCUT2D eigenvalue weighted by molar-refractivity contribution is -0.123. The number of halogens is 2. The van der Waals surface area contributed by atoms with Gasteiger partial charge in [-0.15, -0.1) is 0 Å². The highest BCUT2D eigenvalue weighted by Crippen LogP contribution is 2.40. The Morgan fingerprint density at radius 1 is 1.10 bits per heavy atom. The van der Waals surface area contributed by atoms with Crippen LogP contribution in [-0.4, -0.2) is 28.6 Å². The van der Waals surface area contributed by atoms with E-state index in [0.29, 0.717) is 5.56 Å². The van der Waals surface area contributed by atoms with E-state index in [-0.39, 0.29) is 28.4 Å². The molecule has 0 bridgehead atoms. The monoisotopic (exact) mass is 440 g/mol. The molecule has 0 saturated carbocycles. The van der Waals surface area contributed by atoms with Gasteiger partial charge >= 0.3 is 0 Å². The predicted octanol–water partition coefficient (Wildman–Crippen LogP) is 5.83. The molecule has 0 unspecified atom stereocenters. The second-order valence-corrected chi connectivity index (χ2v) is 9.32. The van der Waals surface area contributed by atoms with E-state index in [1.807, 2.05) is 18.9 Å². The predicted molar refractivity (Wildman–Crippen MR) is 120 cm³/mol. The molecule has 160 valence electrons. The molecular formula is C24H22F2N2O2S. The molecule has 2 aliphatic rings. The van der Waals surface area contributed by atoms with Crippen LogP contribution in [0.5, 0.6) is 0 Å². The summed E-state index contributed by atoms with van der Waals surface area (Å²) in [5.41, 5.74) is 3.35. The first-order valence-electron chi connectivity index (χ1n) is 9.84. The largest absolute Gasteiger partial charge is 0.365 e. The SMILES string of the molecule is CC1=CC(C)(C)N(C)c2cc(F)c(/C=C3/SC(=O)N(Cc4ccc(F)cc4)C3=O)cc21. The zero-order valence-corrected chi connectivity index (χ0v) is 18.5. The first-order chi connectivity index (χ1) is 14.6. The van der Waals surface area contributed by atoms with Gasteiger partial charge in [-0.1, -0.05) is 18.2 Å². The third-order valence-electron chi connectivity index (χ3n) is 5.75. The van der Waals surface area contributed by atoms with Crippen LogP contribution in [-0.2, 0) is 11.3 Å². The van der Waals surface area contributed by atoms with Crippen LogP contribution in [0, 0.1) is 11.6 Å². The van der Waals surface area contributed by atoms with Gasteiger partial charge < -0.3 is 4.90 Å². The van der Waals surface area contributed by atoms with Crippen molar-refractivity contribution in [1.29, 1.82) is 0 Å². The van der Waals surface area contributed by atoms with Gasteiger partial charge in [-0.3, -0.25) is 14.5 Å². The molecule has 2 aromatic rings. The molecule has 2 amide bonds. The first-order valence-corrected chi connectivity index (χ1v) is 10.7. The maximum Gasteiger partial charge on any atom is 0.293 e. The molecule has 1 fully saturated rings. The summed E-state index contributed by atoms with van der Waals surface area (Å²) in [6, 6.07) is 8.80. The van der Waals surface area contributed by atoms with Crippen molar-refractivity contribution >= 4 is 40.2 Å². The van der Waals surface area contributed by atoms with E-state index >= 15 is 0 Å². The Hall–Kier alpha value is -2.93. The lowest BCUT2D eigenvalue weighted by Gasteiger charge is -2.40. The molecule has 4 nitrogen and oxygen atoms in total. The Morgan fingerprint density at radius 3 is 2.45 bits per heavy atom. The van der Waals surface area contributed by atoms with Crippen molar-refractivity contribution in [3.63, 3.8) is 0 Å². The van der Waals surface area contributed by atoms with Crippen molar-refractivity contribution in [3.8, 4) is 0 Å². The van der Waals surface area contributed by atoms with Gasteiger partial charge in [-0.2, -0.15) is 0 Å². The fourth-order valence-corrected chi connectivity index (χ4v) is 4.68. The van der Waals surface area contributed by atoms with E-state index in [1.165, 1.54) is 36.4 Å². The molecule has 0 spiro atoms. The minimum atomic E-state index is -0.484. The smallest absolute Gasteiger partial charge is 0.293 e. The lowest BCUT2D eigenvalue weighted by atomic mass is 9.88. The minimum absolute atomic E-state index is 0.0384. The van der Waals surface area contributed by atoms with E-state index in [2.05, 4.69) is 19.9 Å². The maximum atomic E-state index is 14.9. The third kappa shape index (κ3) is 3.90. The van der Waals surface area contributed by atoms with Crippen LogP contribution in [0.2, 0.25) is 0 Å². The summed E-state index contributed by atoms with van der Waals surface area (Å²) in [7, 11) is 1.92. The molecule has 2 aromatic carbocycles. The summed E-state index contributed by atoms with van der Waals surface area (Å²) in [5.74, 6) is -1.33. The van der Waals surface area contributed by atoms with Crippen LogP contribution < -0.4 is 4.90 Å². The van der Waals surface area contributed by atoms with E-state index in [0.717, 1.165) is 33.5 Å². The number of hydrogen-bond donors (Lipinski definition) is 0. The number of allylic oxidation sites excluding steroid dienone is 1. The standard InChI is InChI=1S/C24H22F2N2O2S/c1-14-12-24(2,3)27(4)20-11-19(26)16(9-18(14)20)10-21-22(29)28(23(30)31-21)13-15-5-7-17(25)8-6-15/h5-12H,13H2,1-4H3/b21-10+. The Morgan fingerprint density at radius 2 is 1.77 bits per heavy atom. The molecule has 0 radical (unpaired) electrons. The minimum Gasteiger partial charge on any atom is -0.365 e. The molecule has 1 saturated heterocycles. The molecule has 31 heavy (non-hydrogen) atoms. The number of benzene rings is 2. The van der Waals surface area contributed by atoms with Crippen molar-refractivity contribution in [2.45, 2.75) is 32.9 Å². The average Bonchev–Trinajstić information content (AvgIpc) is 2.96. The molecule has 4 rings (SSSR count). The van der Waals surface area contributed by atoms with Gasteiger partial charge in [0.05, 0.1) is 17.0 Å². The highest BCUT2D eigenvalue weighted by atomic mass is 32.2. The topological polar surface area (TPSA) is 40.6 Å². The summed E-state index contributed by atoms with van der Waals surface area (Å²) in [5, 5.41) is -0.434. The number of thioether (sulfide) groups is 1. The number of carbonyl (C=O) groups is 2. The molecule has 0 aliphatic carbocycles. The highest BCUT2D eigenvalue weighted by Gasteiger charge is 2.35. The fraction of sp³-hybridized carbons (Fsp3) is 0.250. The number of amides is 2. The summed E-state index contributed by atoms with van der Waals surface area (Å²) in [6.45, 7) is 6.13. The average molecular weight is 441 g/mol. The Bertz CT molecular complexity index is 1150. The van der Waals surface area contributed by atoms with Gasteiger partial charge in [-0.25, -0.2) is 8.78 Å². The van der Waals surface area contributed by atoms with Crippen LogP contribution in [0.3, 0.4) is 0 Å². The molecule has 0 atom stereocenters. The van der Waals surface area contributed by atoms with E-state index in [4.69, 9.17) is 0 Å². The summed E-state index contributed by atoms with van der Waals surface area (Å²) in [4.78, 5) is 28.4. The molecular weight excluding hydrogens is 418 g/mol. The number of hydrogen-bond acceptors (Lipinski definition) is 4. The third-order valence-corrected chi connectivity index (χ3v) is 6.66. The van der Waals surface area contributed by atoms with Gasteiger partial charge in [0, 0.05) is 23.9 Å². The van der Waals surface area contributed by atoms with Gasteiger partial charge in [0.1, 0.15) is 11.6 Å². The number of imide groups is 1. The number of likely N-dealkylation sites (N-methyl/N-ethyl adjacent to an activating group) is 1. The van der Waals surface area contributed by atoms with E-state index < -0.39 is 17.0 Å².